The third-order valence-electron chi connectivity index (χ3n) is 9.13. The second kappa shape index (κ2) is 18.6. The average molecular weight is 786 g/mol. The standard InChI is InChI=1S/C42H42F3N5O7/c1-25(2)29-10-11-35(55-4)34(19-29)39-31(18-30-8-5-7-26(3)38(30)49-39)24-50(23-28-15-27(20-46)16-32(17-28)42(43,44)45)41-47-21-33(22-48-41)56-14-12-36(40(53)54)57-13-6-9-37(51)52/h5,7-8,10-11,15-19,21-22,25,36H,6,9,12-14,23-24H2,1-4H3,(H,51,52)(H,53,54). The van der Waals surface area contributed by atoms with Crippen molar-refractivity contribution in [2.45, 2.75) is 71.3 Å². The molecule has 0 bridgehead atoms. The number of fused-ring (bicyclic) bond motifs is 1. The normalized spacial score (nSPS) is 12.0. The summed E-state index contributed by atoms with van der Waals surface area (Å²) in [5, 5.41) is 28.8. The molecule has 0 spiro atoms. The fourth-order valence-electron chi connectivity index (χ4n) is 6.21. The number of anilines is 1. The van der Waals surface area contributed by atoms with Crippen molar-refractivity contribution in [3.05, 3.63) is 106 Å². The molecule has 0 saturated heterocycles. The van der Waals surface area contributed by atoms with Gasteiger partial charge in [-0.2, -0.15) is 18.4 Å². The van der Waals surface area contributed by atoms with Gasteiger partial charge in [0.1, 0.15) is 5.75 Å². The number of nitriles is 1. The molecular formula is C42H42F3N5O7. The van der Waals surface area contributed by atoms with Crippen molar-refractivity contribution in [3.63, 3.8) is 0 Å². The number of pyridine rings is 1. The molecule has 2 heterocycles. The number of aliphatic carboxylic acids is 2. The number of aryl methyl sites for hydroxylation is 1. The summed E-state index contributed by atoms with van der Waals surface area (Å²) < 4.78 is 58.8. The first-order valence-electron chi connectivity index (χ1n) is 18.1. The number of halogens is 3. The number of methoxy groups -OCH3 is 1. The molecule has 0 radical (unpaired) electrons. The number of nitrogens with zero attached hydrogens (tertiary/aromatic N) is 5. The molecule has 1 atom stereocenters. The largest absolute Gasteiger partial charge is 0.496 e. The SMILES string of the molecule is COc1ccc(C(C)C)cc1-c1nc2c(C)cccc2cc1CN(Cc1cc(C#N)cc(C(F)(F)F)c1)c1ncc(OCCC(OCCCC(=O)O)C(=O)O)cn1. The van der Waals surface area contributed by atoms with Gasteiger partial charge in [0, 0.05) is 43.5 Å². The highest BCUT2D eigenvalue weighted by Crippen LogP contribution is 2.37. The zero-order valence-corrected chi connectivity index (χ0v) is 31.8. The van der Waals surface area contributed by atoms with Gasteiger partial charge in [-0.3, -0.25) is 4.79 Å². The zero-order valence-electron chi connectivity index (χ0n) is 31.8. The maximum absolute atomic E-state index is 14.0. The third-order valence-corrected chi connectivity index (χ3v) is 9.13. The van der Waals surface area contributed by atoms with Crippen LogP contribution in [0.3, 0.4) is 0 Å². The molecule has 1 unspecified atom stereocenters. The van der Waals surface area contributed by atoms with Crippen molar-refractivity contribution < 1.29 is 47.2 Å². The topological polar surface area (TPSA) is 168 Å². The number of carbonyl (C=O) groups is 2. The molecule has 2 N–H and O–H groups in total. The Bertz CT molecular complexity index is 2260. The molecule has 5 aromatic rings. The number of rotatable bonds is 18. The van der Waals surface area contributed by atoms with Crippen LogP contribution in [0.1, 0.15) is 72.4 Å². The fourth-order valence-corrected chi connectivity index (χ4v) is 6.21. The molecule has 2 aromatic heterocycles. The molecule has 3 aromatic carbocycles. The number of carboxylic acids is 2. The van der Waals surface area contributed by atoms with Crippen LogP contribution in [0, 0.1) is 18.3 Å². The van der Waals surface area contributed by atoms with Gasteiger partial charge in [0.25, 0.3) is 0 Å². The number of hydrogen-bond acceptors (Lipinski definition) is 10. The van der Waals surface area contributed by atoms with Crippen LogP contribution in [-0.2, 0) is 33.6 Å². The van der Waals surface area contributed by atoms with Gasteiger partial charge >= 0.3 is 18.1 Å². The molecule has 0 aliphatic heterocycles. The van der Waals surface area contributed by atoms with Crippen molar-refractivity contribution in [1.29, 1.82) is 5.26 Å². The molecule has 12 nitrogen and oxygen atoms in total. The van der Waals surface area contributed by atoms with E-state index in [4.69, 9.17) is 24.3 Å². The minimum atomic E-state index is -4.70. The molecule has 0 saturated carbocycles. The lowest BCUT2D eigenvalue weighted by molar-refractivity contribution is -0.151. The first-order valence-corrected chi connectivity index (χ1v) is 18.1. The van der Waals surface area contributed by atoms with Crippen LogP contribution >= 0.6 is 0 Å². The molecule has 0 aliphatic rings. The van der Waals surface area contributed by atoms with Gasteiger partial charge in [0.2, 0.25) is 5.95 Å². The Labute approximate surface area is 327 Å². The van der Waals surface area contributed by atoms with Gasteiger partial charge in [-0.1, -0.05) is 38.1 Å². The van der Waals surface area contributed by atoms with Gasteiger partial charge in [-0.25, -0.2) is 19.7 Å². The summed E-state index contributed by atoms with van der Waals surface area (Å²) in [6, 6.07) is 18.7. The van der Waals surface area contributed by atoms with Crippen molar-refractivity contribution in [1.82, 2.24) is 15.0 Å². The van der Waals surface area contributed by atoms with E-state index in [2.05, 4.69) is 23.8 Å². The van der Waals surface area contributed by atoms with E-state index in [-0.39, 0.29) is 74.3 Å². The number of aromatic nitrogens is 3. The fraction of sp³-hybridized carbons (Fsp3) is 0.333. The summed E-state index contributed by atoms with van der Waals surface area (Å²) >= 11 is 0. The van der Waals surface area contributed by atoms with E-state index >= 15 is 0 Å². The van der Waals surface area contributed by atoms with Crippen LogP contribution in [0.25, 0.3) is 22.2 Å². The Morgan fingerprint density at radius 2 is 1.74 bits per heavy atom. The van der Waals surface area contributed by atoms with Crippen molar-refractivity contribution in [2.75, 3.05) is 25.2 Å². The minimum Gasteiger partial charge on any atom is -0.496 e. The molecule has 5 rings (SSSR count). The quantitative estimate of drug-likeness (QED) is 0.0817. The minimum absolute atomic E-state index is 0.0499. The summed E-state index contributed by atoms with van der Waals surface area (Å²) in [7, 11) is 1.57. The highest BCUT2D eigenvalue weighted by molar-refractivity contribution is 5.87. The molecule has 0 aliphatic carbocycles. The van der Waals surface area contributed by atoms with E-state index in [0.717, 1.165) is 39.7 Å². The molecule has 15 heteroatoms. The lowest BCUT2D eigenvalue weighted by Gasteiger charge is -2.25. The van der Waals surface area contributed by atoms with E-state index in [1.807, 2.05) is 55.5 Å². The van der Waals surface area contributed by atoms with Crippen LogP contribution in [0.5, 0.6) is 11.5 Å². The third kappa shape index (κ3) is 10.9. The van der Waals surface area contributed by atoms with E-state index in [9.17, 15) is 33.1 Å². The van der Waals surface area contributed by atoms with Gasteiger partial charge in [0.15, 0.2) is 11.9 Å². The van der Waals surface area contributed by atoms with E-state index < -0.39 is 29.8 Å². The molecule has 298 valence electrons. The van der Waals surface area contributed by atoms with Gasteiger partial charge in [0.05, 0.1) is 54.5 Å². The molecular weight excluding hydrogens is 743 g/mol. The lowest BCUT2D eigenvalue weighted by atomic mass is 9.95. The Morgan fingerprint density at radius 3 is 2.39 bits per heavy atom. The van der Waals surface area contributed by atoms with Crippen molar-refractivity contribution in [2.24, 2.45) is 0 Å². The predicted octanol–water partition coefficient (Wildman–Crippen LogP) is 8.33. The summed E-state index contributed by atoms with van der Waals surface area (Å²) in [6.45, 7) is 5.90. The monoisotopic (exact) mass is 785 g/mol. The smallest absolute Gasteiger partial charge is 0.416 e. The molecule has 0 fully saturated rings. The summed E-state index contributed by atoms with van der Waals surface area (Å²) in [6.07, 6.45) is -3.25. The Kier molecular flexibility index (Phi) is 13.7. The first kappa shape index (κ1) is 41.9. The molecule has 57 heavy (non-hydrogen) atoms. The van der Waals surface area contributed by atoms with E-state index in [0.29, 0.717) is 17.0 Å². The predicted molar refractivity (Wildman–Crippen MR) is 205 cm³/mol. The Hall–Kier alpha value is -6.27. The van der Waals surface area contributed by atoms with Crippen LogP contribution in [0.4, 0.5) is 19.1 Å². The second-order valence-electron chi connectivity index (χ2n) is 13.7. The maximum Gasteiger partial charge on any atom is 0.416 e. The highest BCUT2D eigenvalue weighted by Gasteiger charge is 2.32. The lowest BCUT2D eigenvalue weighted by Crippen LogP contribution is -2.27. The number of para-hydroxylation sites is 1. The number of hydrogen-bond donors (Lipinski definition) is 2. The second-order valence-corrected chi connectivity index (χ2v) is 13.7. The summed E-state index contributed by atoms with van der Waals surface area (Å²) in [5.41, 5.74) is 3.86. The average Bonchev–Trinajstić information content (AvgIpc) is 3.17. The molecule has 0 amide bonds. The number of benzene rings is 3. The van der Waals surface area contributed by atoms with Crippen molar-refractivity contribution in [3.8, 4) is 28.8 Å². The summed E-state index contributed by atoms with van der Waals surface area (Å²) in [5.74, 6) is -1.15. The summed E-state index contributed by atoms with van der Waals surface area (Å²) in [4.78, 5) is 38.2. The van der Waals surface area contributed by atoms with Crippen LogP contribution in [0.2, 0.25) is 0 Å². The van der Waals surface area contributed by atoms with Crippen LogP contribution < -0.4 is 14.4 Å². The van der Waals surface area contributed by atoms with Gasteiger partial charge < -0.3 is 29.3 Å². The van der Waals surface area contributed by atoms with Crippen molar-refractivity contribution >= 4 is 28.8 Å². The highest BCUT2D eigenvalue weighted by atomic mass is 19.4. The Morgan fingerprint density at radius 1 is 0.982 bits per heavy atom. The Balaban J connectivity index is 1.53. The zero-order chi connectivity index (χ0) is 41.3. The van der Waals surface area contributed by atoms with E-state index in [1.165, 1.54) is 18.5 Å². The maximum atomic E-state index is 14.0. The van der Waals surface area contributed by atoms with Crippen LogP contribution in [-0.4, -0.2) is 63.5 Å². The number of carboxylic acid groups (broad SMARTS) is 2. The number of ether oxygens (including phenoxy) is 3. The van der Waals surface area contributed by atoms with Gasteiger partial charge in [-0.15, -0.1) is 0 Å². The van der Waals surface area contributed by atoms with E-state index in [1.54, 1.807) is 12.0 Å². The number of alkyl halides is 3. The van der Waals surface area contributed by atoms with Gasteiger partial charge in [-0.05, 0) is 77.9 Å². The van der Waals surface area contributed by atoms with Crippen LogP contribution in [0.15, 0.2) is 73.1 Å². The first-order chi connectivity index (χ1) is 27.2.